The van der Waals surface area contributed by atoms with Crippen molar-refractivity contribution in [1.29, 1.82) is 0 Å². The maximum absolute atomic E-state index is 12.0. The van der Waals surface area contributed by atoms with Gasteiger partial charge in [0, 0.05) is 5.69 Å². The van der Waals surface area contributed by atoms with Crippen LogP contribution in [0.4, 0.5) is 5.69 Å². The third-order valence-electron chi connectivity index (χ3n) is 3.10. The van der Waals surface area contributed by atoms with E-state index in [1.54, 1.807) is 0 Å². The van der Waals surface area contributed by atoms with Crippen molar-refractivity contribution in [3.8, 4) is 5.75 Å². The fraction of sp³-hybridized carbons (Fsp3) is 0.417. The molecule has 1 fully saturated rings. The summed E-state index contributed by atoms with van der Waals surface area (Å²) in [6.45, 7) is 2.87. The molecule has 3 N–H and O–H groups in total. The van der Waals surface area contributed by atoms with E-state index in [4.69, 9.17) is 23.2 Å². The van der Waals surface area contributed by atoms with Gasteiger partial charge in [-0.1, -0.05) is 30.1 Å². The fourth-order valence-electron chi connectivity index (χ4n) is 2.04. The van der Waals surface area contributed by atoms with Gasteiger partial charge in [-0.05, 0) is 31.0 Å². The molecule has 0 saturated carbocycles. The molecule has 0 aromatic heterocycles. The number of carbonyl (C=O) groups is 1. The first-order chi connectivity index (χ1) is 8.49. The summed E-state index contributed by atoms with van der Waals surface area (Å²) >= 11 is 11.6. The third-order valence-corrected chi connectivity index (χ3v) is 3.68. The van der Waals surface area contributed by atoms with Crippen molar-refractivity contribution in [2.75, 3.05) is 11.9 Å². The van der Waals surface area contributed by atoms with E-state index >= 15 is 0 Å². The van der Waals surface area contributed by atoms with Crippen molar-refractivity contribution in [3.63, 3.8) is 0 Å². The van der Waals surface area contributed by atoms with Gasteiger partial charge in [0.25, 0.3) is 0 Å². The maximum Gasteiger partial charge on any atom is 0.241 e. The molecule has 0 aliphatic carbocycles. The Bertz CT molecular complexity index is 456. The minimum absolute atomic E-state index is 0.113. The Morgan fingerprint density at radius 3 is 2.56 bits per heavy atom. The van der Waals surface area contributed by atoms with Crippen molar-refractivity contribution >= 4 is 34.8 Å². The molecule has 6 heteroatoms. The van der Waals surface area contributed by atoms with Gasteiger partial charge in [-0.15, -0.1) is 0 Å². The minimum Gasteiger partial charge on any atom is -0.505 e. The standard InChI is InChI=1S/C12H14Cl2N2O2/c1-6-2-3-15-10(6)12(18)16-7-4-8(13)11(17)9(14)5-7/h4-6,10,15,17H,2-3H2,1H3,(H,16,18). The van der Waals surface area contributed by atoms with E-state index < -0.39 is 0 Å². The van der Waals surface area contributed by atoms with Crippen LogP contribution < -0.4 is 10.6 Å². The predicted octanol–water partition coefficient (Wildman–Crippen LogP) is 2.64. The Morgan fingerprint density at radius 2 is 2.06 bits per heavy atom. The van der Waals surface area contributed by atoms with E-state index in [2.05, 4.69) is 10.6 Å². The zero-order valence-electron chi connectivity index (χ0n) is 9.84. The summed E-state index contributed by atoms with van der Waals surface area (Å²) in [5.41, 5.74) is 0.480. The molecule has 2 rings (SSSR count). The Kier molecular flexibility index (Phi) is 4.00. The van der Waals surface area contributed by atoms with Crippen LogP contribution >= 0.6 is 23.2 Å². The first-order valence-corrected chi connectivity index (χ1v) is 6.47. The largest absolute Gasteiger partial charge is 0.505 e. The van der Waals surface area contributed by atoms with Gasteiger partial charge in [-0.3, -0.25) is 4.79 Å². The Balaban J connectivity index is 2.12. The first-order valence-electron chi connectivity index (χ1n) is 5.71. The molecule has 4 nitrogen and oxygen atoms in total. The number of rotatable bonds is 2. The van der Waals surface area contributed by atoms with Crippen LogP contribution in [0.3, 0.4) is 0 Å². The van der Waals surface area contributed by atoms with E-state index in [9.17, 15) is 9.90 Å². The highest BCUT2D eigenvalue weighted by atomic mass is 35.5. The first kappa shape index (κ1) is 13.5. The van der Waals surface area contributed by atoms with Crippen LogP contribution in [0.2, 0.25) is 10.0 Å². The van der Waals surface area contributed by atoms with Gasteiger partial charge in [-0.2, -0.15) is 0 Å². The normalized spacial score (nSPS) is 23.1. The minimum atomic E-state index is -0.198. The van der Waals surface area contributed by atoms with E-state index in [1.165, 1.54) is 12.1 Å². The second kappa shape index (κ2) is 5.34. The highest BCUT2D eigenvalue weighted by Crippen LogP contribution is 2.34. The molecular weight excluding hydrogens is 275 g/mol. The number of hydrogen-bond acceptors (Lipinski definition) is 3. The fourth-order valence-corrected chi connectivity index (χ4v) is 2.53. The van der Waals surface area contributed by atoms with Gasteiger partial charge in [-0.25, -0.2) is 0 Å². The van der Waals surface area contributed by atoms with Crippen LogP contribution in [-0.2, 0) is 4.79 Å². The van der Waals surface area contributed by atoms with Crippen LogP contribution in [0.25, 0.3) is 0 Å². The summed E-state index contributed by atoms with van der Waals surface area (Å²) in [4.78, 5) is 12.0. The lowest BCUT2D eigenvalue weighted by Crippen LogP contribution is -2.39. The number of hydrogen-bond donors (Lipinski definition) is 3. The van der Waals surface area contributed by atoms with Crippen molar-refractivity contribution < 1.29 is 9.90 Å². The number of aromatic hydroxyl groups is 1. The van der Waals surface area contributed by atoms with E-state index in [0.717, 1.165) is 13.0 Å². The summed E-state index contributed by atoms with van der Waals surface area (Å²) in [7, 11) is 0. The molecule has 0 radical (unpaired) electrons. The number of phenolic OH excluding ortho intramolecular Hbond substituents is 1. The molecule has 1 aliphatic heterocycles. The summed E-state index contributed by atoms with van der Waals surface area (Å²) < 4.78 is 0. The lowest BCUT2D eigenvalue weighted by Gasteiger charge is -2.16. The molecule has 1 heterocycles. The Hall–Kier alpha value is -0.970. The SMILES string of the molecule is CC1CCNC1C(=O)Nc1cc(Cl)c(O)c(Cl)c1. The zero-order valence-corrected chi connectivity index (χ0v) is 11.3. The number of amides is 1. The quantitative estimate of drug-likeness (QED) is 0.733. The second-order valence-electron chi connectivity index (χ2n) is 4.48. The average Bonchev–Trinajstić information content (AvgIpc) is 2.72. The van der Waals surface area contributed by atoms with Gasteiger partial charge < -0.3 is 15.7 Å². The Labute approximate surface area is 115 Å². The van der Waals surface area contributed by atoms with Crippen molar-refractivity contribution in [2.45, 2.75) is 19.4 Å². The van der Waals surface area contributed by atoms with Gasteiger partial charge in [0.15, 0.2) is 5.75 Å². The van der Waals surface area contributed by atoms with Crippen molar-refractivity contribution in [2.24, 2.45) is 5.92 Å². The lowest BCUT2D eigenvalue weighted by atomic mass is 10.0. The molecule has 0 bridgehead atoms. The number of halogens is 2. The van der Waals surface area contributed by atoms with Crippen LogP contribution in [-0.4, -0.2) is 23.6 Å². The topological polar surface area (TPSA) is 61.4 Å². The smallest absolute Gasteiger partial charge is 0.241 e. The molecule has 98 valence electrons. The molecule has 1 amide bonds. The van der Waals surface area contributed by atoms with Crippen LogP contribution in [0.1, 0.15) is 13.3 Å². The predicted molar refractivity (Wildman–Crippen MR) is 72.3 cm³/mol. The van der Waals surface area contributed by atoms with E-state index in [-0.39, 0.29) is 27.7 Å². The maximum atomic E-state index is 12.0. The van der Waals surface area contributed by atoms with Crippen molar-refractivity contribution in [3.05, 3.63) is 22.2 Å². The third kappa shape index (κ3) is 2.71. The van der Waals surface area contributed by atoms with E-state index in [1.807, 2.05) is 6.92 Å². The Morgan fingerprint density at radius 1 is 1.44 bits per heavy atom. The summed E-state index contributed by atoms with van der Waals surface area (Å²) in [6.07, 6.45) is 0.981. The highest BCUT2D eigenvalue weighted by Gasteiger charge is 2.29. The molecular formula is C12H14Cl2N2O2. The number of anilines is 1. The lowest BCUT2D eigenvalue weighted by molar-refractivity contribution is -0.118. The molecule has 1 aromatic carbocycles. The average molecular weight is 289 g/mol. The zero-order chi connectivity index (χ0) is 13.3. The van der Waals surface area contributed by atoms with Gasteiger partial charge in [0.05, 0.1) is 16.1 Å². The van der Waals surface area contributed by atoms with E-state index in [0.29, 0.717) is 11.6 Å². The van der Waals surface area contributed by atoms with Gasteiger partial charge >= 0.3 is 0 Å². The highest BCUT2D eigenvalue weighted by molar-refractivity contribution is 6.37. The molecule has 18 heavy (non-hydrogen) atoms. The van der Waals surface area contributed by atoms with Gasteiger partial charge in [0.2, 0.25) is 5.91 Å². The molecule has 1 aliphatic rings. The number of benzene rings is 1. The molecule has 1 aromatic rings. The number of phenols is 1. The molecule has 1 saturated heterocycles. The van der Waals surface area contributed by atoms with Crippen molar-refractivity contribution in [1.82, 2.24) is 5.32 Å². The van der Waals surface area contributed by atoms with Gasteiger partial charge in [0.1, 0.15) is 0 Å². The summed E-state index contributed by atoms with van der Waals surface area (Å²) in [5, 5.41) is 15.5. The monoisotopic (exact) mass is 288 g/mol. The van der Waals surface area contributed by atoms with Crippen LogP contribution in [0, 0.1) is 5.92 Å². The number of nitrogens with one attached hydrogen (secondary N) is 2. The summed E-state index contributed by atoms with van der Waals surface area (Å²) in [6, 6.07) is 2.75. The van der Waals surface area contributed by atoms with Crippen LogP contribution in [0.5, 0.6) is 5.75 Å². The molecule has 2 atom stereocenters. The molecule has 2 unspecified atom stereocenters. The number of carbonyl (C=O) groups excluding carboxylic acids is 1. The summed E-state index contributed by atoms with van der Waals surface area (Å²) in [5.74, 6) is 0.00886. The second-order valence-corrected chi connectivity index (χ2v) is 5.29. The molecule has 0 spiro atoms. The van der Waals surface area contributed by atoms with Crippen LogP contribution in [0.15, 0.2) is 12.1 Å².